The van der Waals surface area contributed by atoms with Crippen molar-refractivity contribution in [2.45, 2.75) is 36.8 Å². The van der Waals surface area contributed by atoms with E-state index in [4.69, 9.17) is 9.47 Å². The third-order valence-corrected chi connectivity index (χ3v) is 6.56. The van der Waals surface area contributed by atoms with Gasteiger partial charge in [0.2, 0.25) is 20.9 Å². The molecule has 0 aromatic carbocycles. The highest BCUT2D eigenvalue weighted by atomic mass is 32.2. The number of sulfone groups is 1. The summed E-state index contributed by atoms with van der Waals surface area (Å²) in [4.78, 5) is 34.7. The van der Waals surface area contributed by atoms with Crippen molar-refractivity contribution in [1.29, 1.82) is 0 Å². The Morgan fingerprint density at radius 2 is 1.88 bits per heavy atom. The quantitative estimate of drug-likeness (QED) is 0.438. The number of pyridine rings is 1. The van der Waals surface area contributed by atoms with Crippen LogP contribution in [-0.2, 0) is 31.2 Å². The Bertz CT molecular complexity index is 1270. The van der Waals surface area contributed by atoms with Gasteiger partial charge in [-0.25, -0.2) is 23.4 Å². The van der Waals surface area contributed by atoms with Crippen molar-refractivity contribution < 1.29 is 22.7 Å². The molecule has 0 atom stereocenters. The molecule has 10 nitrogen and oxygen atoms in total. The SMILES string of the molecule is CCOc1cncc(-c2ccc(CC(=O)C3(c4ccnc(S(C)(=O)=O)n4)CCOCC3)nc2)n1. The third kappa shape index (κ3) is 5.10. The van der Waals surface area contributed by atoms with Crippen molar-refractivity contribution in [1.82, 2.24) is 24.9 Å². The molecule has 0 bridgehead atoms. The van der Waals surface area contributed by atoms with Gasteiger partial charge >= 0.3 is 0 Å². The molecule has 1 fully saturated rings. The van der Waals surface area contributed by atoms with E-state index in [1.54, 1.807) is 30.7 Å². The summed E-state index contributed by atoms with van der Waals surface area (Å²) in [6.07, 6.45) is 8.12. The lowest BCUT2D eigenvalue weighted by Gasteiger charge is -2.35. The molecule has 1 aliphatic heterocycles. The monoisotopic (exact) mass is 483 g/mol. The van der Waals surface area contributed by atoms with Gasteiger partial charge in [-0.2, -0.15) is 0 Å². The number of carbonyl (C=O) groups excluding carboxylic acids is 1. The molecule has 0 spiro atoms. The number of aromatic nitrogens is 5. The molecular formula is C23H25N5O5S. The molecule has 0 radical (unpaired) electrons. The van der Waals surface area contributed by atoms with Crippen LogP contribution in [0.2, 0.25) is 0 Å². The van der Waals surface area contributed by atoms with E-state index < -0.39 is 15.3 Å². The lowest BCUT2D eigenvalue weighted by molar-refractivity contribution is -0.127. The highest BCUT2D eigenvalue weighted by Crippen LogP contribution is 2.36. The zero-order chi connectivity index (χ0) is 24.2. The number of rotatable bonds is 8. The van der Waals surface area contributed by atoms with Crippen molar-refractivity contribution in [3.63, 3.8) is 0 Å². The van der Waals surface area contributed by atoms with Gasteiger partial charge < -0.3 is 9.47 Å². The van der Waals surface area contributed by atoms with Gasteiger partial charge in [0.15, 0.2) is 5.78 Å². The van der Waals surface area contributed by atoms with Crippen LogP contribution in [0.25, 0.3) is 11.3 Å². The maximum atomic E-state index is 13.6. The molecule has 11 heteroatoms. The minimum atomic E-state index is -3.61. The van der Waals surface area contributed by atoms with Crippen molar-refractivity contribution in [2.75, 3.05) is 26.1 Å². The molecule has 178 valence electrons. The predicted molar refractivity (Wildman–Crippen MR) is 122 cm³/mol. The van der Waals surface area contributed by atoms with E-state index in [9.17, 15) is 13.2 Å². The van der Waals surface area contributed by atoms with E-state index in [0.717, 1.165) is 11.8 Å². The lowest BCUT2D eigenvalue weighted by atomic mass is 9.72. The Kier molecular flexibility index (Phi) is 6.94. The summed E-state index contributed by atoms with van der Waals surface area (Å²) in [5, 5.41) is -0.290. The largest absolute Gasteiger partial charge is 0.477 e. The van der Waals surface area contributed by atoms with E-state index in [1.165, 1.54) is 6.20 Å². The van der Waals surface area contributed by atoms with Crippen molar-refractivity contribution in [3.8, 4) is 17.1 Å². The first-order valence-electron chi connectivity index (χ1n) is 10.9. The van der Waals surface area contributed by atoms with Gasteiger partial charge in [0.25, 0.3) is 0 Å². The molecule has 0 amide bonds. The van der Waals surface area contributed by atoms with Crippen molar-refractivity contribution in [3.05, 3.63) is 54.4 Å². The average molecular weight is 484 g/mol. The van der Waals surface area contributed by atoms with Gasteiger partial charge in [0.05, 0.1) is 35.8 Å². The van der Waals surface area contributed by atoms with Crippen LogP contribution in [0.4, 0.5) is 0 Å². The molecule has 34 heavy (non-hydrogen) atoms. The van der Waals surface area contributed by atoms with Crippen LogP contribution in [0, 0.1) is 0 Å². The zero-order valence-corrected chi connectivity index (χ0v) is 19.8. The van der Waals surface area contributed by atoms with Crippen LogP contribution in [0.3, 0.4) is 0 Å². The number of carbonyl (C=O) groups is 1. The fraction of sp³-hybridized carbons (Fsp3) is 0.391. The van der Waals surface area contributed by atoms with Gasteiger partial charge in [0, 0.05) is 49.5 Å². The number of hydrogen-bond donors (Lipinski definition) is 0. The van der Waals surface area contributed by atoms with Crippen LogP contribution in [0.1, 0.15) is 31.2 Å². The maximum absolute atomic E-state index is 13.6. The Morgan fingerprint density at radius 3 is 2.56 bits per heavy atom. The first kappa shape index (κ1) is 23.8. The smallest absolute Gasteiger partial charge is 0.247 e. The van der Waals surface area contributed by atoms with Crippen molar-refractivity contribution >= 4 is 15.6 Å². The first-order valence-corrected chi connectivity index (χ1v) is 12.8. The highest BCUT2D eigenvalue weighted by molar-refractivity contribution is 7.90. The molecular weight excluding hydrogens is 458 g/mol. The lowest BCUT2D eigenvalue weighted by Crippen LogP contribution is -2.43. The Labute approximate surface area is 197 Å². The molecule has 1 saturated heterocycles. The minimum absolute atomic E-state index is 0.0726. The van der Waals surface area contributed by atoms with Gasteiger partial charge in [-0.1, -0.05) is 0 Å². The van der Waals surface area contributed by atoms with E-state index in [2.05, 4.69) is 24.9 Å². The van der Waals surface area contributed by atoms with Crippen LogP contribution in [-0.4, -0.2) is 65.2 Å². The summed E-state index contributed by atoms with van der Waals surface area (Å²) in [6.45, 7) is 3.12. The number of ketones is 1. The number of Topliss-reactive ketones (excluding diaryl/α,β-unsaturated/α-hetero) is 1. The number of ether oxygens (including phenoxy) is 2. The molecule has 0 unspecified atom stereocenters. The maximum Gasteiger partial charge on any atom is 0.247 e. The van der Waals surface area contributed by atoms with E-state index in [0.29, 0.717) is 55.6 Å². The van der Waals surface area contributed by atoms with Gasteiger partial charge in [-0.15, -0.1) is 0 Å². The second kappa shape index (κ2) is 9.90. The van der Waals surface area contributed by atoms with Gasteiger partial charge in [-0.3, -0.25) is 14.8 Å². The third-order valence-electron chi connectivity index (χ3n) is 5.70. The fourth-order valence-electron chi connectivity index (χ4n) is 3.90. The highest BCUT2D eigenvalue weighted by Gasteiger charge is 2.43. The van der Waals surface area contributed by atoms with E-state index in [-0.39, 0.29) is 17.4 Å². The molecule has 0 aliphatic carbocycles. The summed E-state index contributed by atoms with van der Waals surface area (Å²) in [5.41, 5.74) is 1.39. The van der Waals surface area contributed by atoms with Crippen LogP contribution in [0.15, 0.2) is 48.1 Å². The Balaban J connectivity index is 1.59. The van der Waals surface area contributed by atoms with E-state index >= 15 is 0 Å². The van der Waals surface area contributed by atoms with E-state index in [1.807, 2.05) is 13.0 Å². The standard InChI is InChI=1S/C23H25N5O5S/c1-3-33-21-15-24-14-18(27-21)16-4-5-17(26-13-16)12-20(29)23(7-10-32-11-8-23)19-6-9-25-22(28-19)34(2,30)31/h4-6,9,13-15H,3,7-8,10-12H2,1-2H3. The average Bonchev–Trinajstić information content (AvgIpc) is 2.85. The summed E-state index contributed by atoms with van der Waals surface area (Å²) < 4.78 is 34.8. The molecule has 0 saturated carbocycles. The Morgan fingerprint density at radius 1 is 1.09 bits per heavy atom. The molecule has 1 aliphatic rings. The molecule has 4 heterocycles. The van der Waals surface area contributed by atoms with Crippen LogP contribution >= 0.6 is 0 Å². The zero-order valence-electron chi connectivity index (χ0n) is 19.0. The topological polar surface area (TPSA) is 134 Å². The summed E-state index contributed by atoms with van der Waals surface area (Å²) in [6, 6.07) is 5.22. The second-order valence-corrected chi connectivity index (χ2v) is 9.91. The number of hydrogen-bond acceptors (Lipinski definition) is 10. The summed E-state index contributed by atoms with van der Waals surface area (Å²) in [5.74, 6) is 0.339. The van der Waals surface area contributed by atoms with Gasteiger partial charge in [-0.05, 0) is 38.0 Å². The normalized spacial score (nSPS) is 15.6. The van der Waals surface area contributed by atoms with Crippen molar-refractivity contribution in [2.24, 2.45) is 0 Å². The molecule has 3 aromatic rings. The molecule has 4 rings (SSSR count). The van der Waals surface area contributed by atoms with Crippen LogP contribution in [0.5, 0.6) is 5.88 Å². The fourth-order valence-corrected chi connectivity index (χ4v) is 4.42. The number of nitrogens with zero attached hydrogens (tertiary/aromatic N) is 5. The minimum Gasteiger partial charge on any atom is -0.477 e. The second-order valence-electron chi connectivity index (χ2n) is 8.00. The van der Waals surface area contributed by atoms with Crippen LogP contribution < -0.4 is 4.74 Å². The van der Waals surface area contributed by atoms with Gasteiger partial charge in [0.1, 0.15) is 0 Å². The first-order chi connectivity index (χ1) is 16.3. The summed E-state index contributed by atoms with van der Waals surface area (Å²) in [7, 11) is -3.61. The predicted octanol–water partition coefficient (Wildman–Crippen LogP) is 1.99. The molecule has 3 aromatic heterocycles. The Hall–Kier alpha value is -3.31. The summed E-state index contributed by atoms with van der Waals surface area (Å²) >= 11 is 0. The molecule has 0 N–H and O–H groups in total.